The molecule has 1 amide bonds. The molecule has 0 atom stereocenters. The van der Waals surface area contributed by atoms with E-state index in [1.165, 1.54) is 27.8 Å². The van der Waals surface area contributed by atoms with E-state index in [1.54, 1.807) is 0 Å². The van der Waals surface area contributed by atoms with Crippen molar-refractivity contribution in [3.8, 4) is 11.1 Å². The van der Waals surface area contributed by atoms with Crippen molar-refractivity contribution in [2.24, 2.45) is 0 Å². The van der Waals surface area contributed by atoms with Crippen LogP contribution in [0.25, 0.3) is 21.3 Å². The Morgan fingerprint density at radius 2 is 1.86 bits per heavy atom. The van der Waals surface area contributed by atoms with Crippen LogP contribution in [0.15, 0.2) is 71.1 Å². The summed E-state index contributed by atoms with van der Waals surface area (Å²) in [5.74, 6) is -0.195. The predicted octanol–water partition coefficient (Wildman–Crippen LogP) is 3.79. The molecular formula is C23H21N3O2S. The molecule has 0 saturated carbocycles. The molecule has 1 N–H and O–H groups in total. The zero-order valence-electron chi connectivity index (χ0n) is 16.1. The van der Waals surface area contributed by atoms with Crippen LogP contribution in [-0.4, -0.2) is 22.0 Å². The maximum atomic E-state index is 12.8. The second-order valence-electron chi connectivity index (χ2n) is 6.96. The van der Waals surface area contributed by atoms with Crippen molar-refractivity contribution in [2.45, 2.75) is 19.9 Å². The molecule has 0 radical (unpaired) electrons. The van der Waals surface area contributed by atoms with Crippen molar-refractivity contribution >= 4 is 27.5 Å². The van der Waals surface area contributed by atoms with Crippen LogP contribution in [0.1, 0.15) is 11.1 Å². The van der Waals surface area contributed by atoms with E-state index >= 15 is 0 Å². The quantitative estimate of drug-likeness (QED) is 0.533. The zero-order valence-corrected chi connectivity index (χ0v) is 16.9. The van der Waals surface area contributed by atoms with Crippen LogP contribution >= 0.6 is 11.3 Å². The molecule has 0 unspecified atom stereocenters. The van der Waals surface area contributed by atoms with E-state index < -0.39 is 0 Å². The summed E-state index contributed by atoms with van der Waals surface area (Å²) in [5, 5.41) is 4.82. The number of amides is 1. The maximum Gasteiger partial charge on any atom is 0.271 e. The molecule has 2 aromatic carbocycles. The summed E-state index contributed by atoms with van der Waals surface area (Å²) in [6.07, 6.45) is 2.22. The number of nitrogens with zero attached hydrogens (tertiary/aromatic N) is 2. The smallest absolute Gasteiger partial charge is 0.271 e. The standard InChI is InChI=1S/C23H21N3O2S/c1-16-7-9-18(10-8-16)19-14-29-22-21(19)25-15-26(23(22)28)13-20(27)24-12-11-17-5-3-2-4-6-17/h2-10,14-15H,11-13H2,1H3,(H,24,27). The van der Waals surface area contributed by atoms with Crippen molar-refractivity contribution in [3.05, 3.63) is 87.8 Å². The lowest BCUT2D eigenvalue weighted by molar-refractivity contribution is -0.121. The van der Waals surface area contributed by atoms with Gasteiger partial charge in [-0.3, -0.25) is 14.2 Å². The van der Waals surface area contributed by atoms with Gasteiger partial charge in [0.1, 0.15) is 11.2 Å². The van der Waals surface area contributed by atoms with Gasteiger partial charge in [-0.15, -0.1) is 11.3 Å². The Morgan fingerprint density at radius 3 is 2.62 bits per heavy atom. The van der Waals surface area contributed by atoms with E-state index in [0.29, 0.717) is 16.8 Å². The van der Waals surface area contributed by atoms with Gasteiger partial charge in [-0.05, 0) is 24.5 Å². The highest BCUT2D eigenvalue weighted by Gasteiger charge is 2.14. The fourth-order valence-electron chi connectivity index (χ4n) is 3.19. The Labute approximate surface area is 172 Å². The summed E-state index contributed by atoms with van der Waals surface area (Å²) in [7, 11) is 0. The topological polar surface area (TPSA) is 64.0 Å². The van der Waals surface area contributed by atoms with Crippen molar-refractivity contribution in [1.82, 2.24) is 14.9 Å². The molecule has 2 heterocycles. The molecule has 4 rings (SSSR count). The number of nitrogens with one attached hydrogen (secondary N) is 1. The van der Waals surface area contributed by atoms with Crippen molar-refractivity contribution in [1.29, 1.82) is 0 Å². The van der Waals surface area contributed by atoms with Crippen molar-refractivity contribution in [2.75, 3.05) is 6.54 Å². The summed E-state index contributed by atoms with van der Waals surface area (Å²) in [4.78, 5) is 29.5. The van der Waals surface area contributed by atoms with Gasteiger partial charge in [0.2, 0.25) is 5.91 Å². The van der Waals surface area contributed by atoms with Gasteiger partial charge < -0.3 is 5.32 Å². The third-order valence-corrected chi connectivity index (χ3v) is 5.76. The number of fused-ring (bicyclic) bond motifs is 1. The minimum absolute atomic E-state index is 0.0334. The summed E-state index contributed by atoms with van der Waals surface area (Å²) in [6.45, 7) is 2.54. The van der Waals surface area contributed by atoms with Gasteiger partial charge in [-0.25, -0.2) is 4.98 Å². The lowest BCUT2D eigenvalue weighted by atomic mass is 10.1. The van der Waals surface area contributed by atoms with E-state index in [9.17, 15) is 9.59 Å². The molecule has 146 valence electrons. The third kappa shape index (κ3) is 4.27. The molecule has 5 nitrogen and oxygen atoms in total. The van der Waals surface area contributed by atoms with Crippen LogP contribution in [0.4, 0.5) is 0 Å². The highest BCUT2D eigenvalue weighted by atomic mass is 32.1. The van der Waals surface area contributed by atoms with Gasteiger partial charge in [0.05, 0.1) is 11.8 Å². The fraction of sp³-hybridized carbons (Fsp3) is 0.174. The lowest BCUT2D eigenvalue weighted by Gasteiger charge is -2.08. The number of hydrogen-bond acceptors (Lipinski definition) is 4. The first kappa shape index (κ1) is 19.1. The van der Waals surface area contributed by atoms with Crippen molar-refractivity contribution in [3.63, 3.8) is 0 Å². The molecule has 0 aliphatic rings. The summed E-state index contributed by atoms with van der Waals surface area (Å²) in [6, 6.07) is 18.1. The molecule has 0 spiro atoms. The van der Waals surface area contributed by atoms with Crippen LogP contribution in [0.3, 0.4) is 0 Å². The summed E-state index contributed by atoms with van der Waals surface area (Å²) >= 11 is 1.37. The molecule has 29 heavy (non-hydrogen) atoms. The molecule has 0 aliphatic heterocycles. The van der Waals surface area contributed by atoms with Gasteiger partial charge in [0.25, 0.3) is 5.56 Å². The average molecular weight is 404 g/mol. The van der Waals surface area contributed by atoms with Gasteiger partial charge in [-0.1, -0.05) is 60.2 Å². The monoisotopic (exact) mass is 403 g/mol. The molecule has 4 aromatic rings. The first-order valence-electron chi connectivity index (χ1n) is 9.46. The highest BCUT2D eigenvalue weighted by Crippen LogP contribution is 2.30. The number of benzene rings is 2. The number of carbonyl (C=O) groups excluding carboxylic acids is 1. The van der Waals surface area contributed by atoms with E-state index in [1.807, 2.05) is 66.9 Å². The minimum atomic E-state index is -0.195. The molecule has 0 bridgehead atoms. The predicted molar refractivity (Wildman–Crippen MR) is 117 cm³/mol. The number of rotatable bonds is 6. The van der Waals surface area contributed by atoms with E-state index in [4.69, 9.17) is 0 Å². The number of hydrogen-bond donors (Lipinski definition) is 1. The van der Waals surface area contributed by atoms with E-state index in [0.717, 1.165) is 23.1 Å². The molecular weight excluding hydrogens is 382 g/mol. The Morgan fingerprint density at radius 1 is 1.10 bits per heavy atom. The van der Waals surface area contributed by atoms with Gasteiger partial charge in [0.15, 0.2) is 0 Å². The lowest BCUT2D eigenvalue weighted by Crippen LogP contribution is -2.33. The van der Waals surface area contributed by atoms with Crippen LogP contribution in [0.2, 0.25) is 0 Å². The first-order valence-corrected chi connectivity index (χ1v) is 10.3. The largest absolute Gasteiger partial charge is 0.354 e. The molecule has 0 saturated heterocycles. The normalized spacial score (nSPS) is 10.9. The second kappa shape index (κ2) is 8.41. The van der Waals surface area contributed by atoms with Crippen LogP contribution in [0.5, 0.6) is 0 Å². The zero-order chi connectivity index (χ0) is 20.2. The highest BCUT2D eigenvalue weighted by molar-refractivity contribution is 7.17. The Balaban J connectivity index is 1.47. The number of thiophene rings is 1. The van der Waals surface area contributed by atoms with Gasteiger partial charge in [0, 0.05) is 17.5 Å². The Kier molecular flexibility index (Phi) is 5.53. The van der Waals surface area contributed by atoms with E-state index in [-0.39, 0.29) is 18.0 Å². The molecule has 6 heteroatoms. The van der Waals surface area contributed by atoms with E-state index in [2.05, 4.69) is 10.3 Å². The minimum Gasteiger partial charge on any atom is -0.354 e. The fourth-order valence-corrected chi connectivity index (χ4v) is 4.17. The maximum absolute atomic E-state index is 12.8. The number of carbonyl (C=O) groups is 1. The van der Waals surface area contributed by atoms with Crippen molar-refractivity contribution < 1.29 is 4.79 Å². The van der Waals surface area contributed by atoms with Crippen LogP contribution in [0, 0.1) is 6.92 Å². The third-order valence-electron chi connectivity index (χ3n) is 4.80. The summed E-state index contributed by atoms with van der Waals surface area (Å²) < 4.78 is 1.94. The molecule has 0 fully saturated rings. The number of aromatic nitrogens is 2. The molecule has 0 aliphatic carbocycles. The Hall–Kier alpha value is -3.25. The first-order chi connectivity index (χ1) is 14.1. The Bertz CT molecular complexity index is 1190. The number of aryl methyl sites for hydroxylation is 1. The SMILES string of the molecule is Cc1ccc(-c2csc3c(=O)n(CC(=O)NCCc4ccccc4)cnc23)cc1. The van der Waals surface area contributed by atoms with Gasteiger partial charge >= 0.3 is 0 Å². The van der Waals surface area contributed by atoms with Crippen LogP contribution in [-0.2, 0) is 17.8 Å². The second-order valence-corrected chi connectivity index (χ2v) is 7.84. The summed E-state index contributed by atoms with van der Waals surface area (Å²) in [5.41, 5.74) is 4.82. The van der Waals surface area contributed by atoms with Crippen LogP contribution < -0.4 is 10.9 Å². The average Bonchev–Trinajstić information content (AvgIpc) is 3.16. The van der Waals surface area contributed by atoms with Gasteiger partial charge in [-0.2, -0.15) is 0 Å². The molecule has 2 aromatic heterocycles.